The molecule has 0 radical (unpaired) electrons. The van der Waals surface area contributed by atoms with E-state index in [1.807, 2.05) is 0 Å². The van der Waals surface area contributed by atoms with Crippen LogP contribution in [0.2, 0.25) is 0 Å². The molecule has 17 heavy (non-hydrogen) atoms. The zero-order valence-corrected chi connectivity index (χ0v) is 9.37. The van der Waals surface area contributed by atoms with Crippen LogP contribution >= 0.6 is 0 Å². The van der Waals surface area contributed by atoms with Crippen molar-refractivity contribution in [1.29, 1.82) is 0 Å². The molecule has 1 saturated carbocycles. The monoisotopic (exact) mass is 241 g/mol. The molecule has 92 valence electrons. The van der Waals surface area contributed by atoms with Crippen LogP contribution in [-0.2, 0) is 9.53 Å². The number of esters is 1. The zero-order chi connectivity index (χ0) is 12.4. The van der Waals surface area contributed by atoms with E-state index in [9.17, 15) is 13.6 Å². The van der Waals surface area contributed by atoms with Gasteiger partial charge in [0.2, 0.25) is 0 Å². The van der Waals surface area contributed by atoms with E-state index in [1.54, 1.807) is 0 Å². The first-order valence-electron chi connectivity index (χ1n) is 5.42. The highest BCUT2D eigenvalue weighted by Crippen LogP contribution is 2.35. The lowest BCUT2D eigenvalue weighted by Gasteiger charge is -2.17. The second kappa shape index (κ2) is 4.69. The van der Waals surface area contributed by atoms with Gasteiger partial charge in [-0.3, -0.25) is 0 Å². The molecular formula is C12H13F2NO2. The van der Waals surface area contributed by atoms with Crippen LogP contribution in [0.25, 0.3) is 0 Å². The number of rotatable bonds is 4. The summed E-state index contributed by atoms with van der Waals surface area (Å²) in [5, 5.41) is 2.60. The quantitative estimate of drug-likeness (QED) is 0.822. The Kier molecular flexibility index (Phi) is 3.26. The fourth-order valence-corrected chi connectivity index (χ4v) is 1.72. The number of hydrogen-bond acceptors (Lipinski definition) is 3. The second-order valence-corrected chi connectivity index (χ2v) is 4.08. The second-order valence-electron chi connectivity index (χ2n) is 4.08. The van der Waals surface area contributed by atoms with Crippen molar-refractivity contribution >= 4 is 11.7 Å². The van der Waals surface area contributed by atoms with E-state index < -0.39 is 23.6 Å². The zero-order valence-electron chi connectivity index (χ0n) is 9.37. The number of halogens is 2. The van der Waals surface area contributed by atoms with Gasteiger partial charge in [-0.05, 0) is 30.9 Å². The molecule has 1 aromatic rings. The number of hydrogen-bond donors (Lipinski definition) is 1. The van der Waals surface area contributed by atoms with E-state index >= 15 is 0 Å². The standard InChI is InChI=1S/C12H13F2NO2/c1-17-12(16)10(7-5-6-7)15-11-8(13)3-2-4-9(11)14/h2-4,7,10,15H,5-6H2,1H3. The normalized spacial score (nSPS) is 16.4. The van der Waals surface area contributed by atoms with Gasteiger partial charge < -0.3 is 10.1 Å². The predicted octanol–water partition coefficient (Wildman–Crippen LogP) is 2.33. The molecule has 5 heteroatoms. The number of methoxy groups -OCH3 is 1. The first-order chi connectivity index (χ1) is 8.13. The topological polar surface area (TPSA) is 38.3 Å². The van der Waals surface area contributed by atoms with E-state index in [4.69, 9.17) is 0 Å². The summed E-state index contributed by atoms with van der Waals surface area (Å²) in [6.45, 7) is 0. The third kappa shape index (κ3) is 2.54. The Morgan fingerprint density at radius 3 is 2.47 bits per heavy atom. The van der Waals surface area contributed by atoms with Gasteiger partial charge in [-0.1, -0.05) is 6.07 Å². The maximum absolute atomic E-state index is 13.4. The molecule has 0 bridgehead atoms. The lowest BCUT2D eigenvalue weighted by atomic mass is 10.1. The number of ether oxygens (including phenoxy) is 1. The summed E-state index contributed by atoms with van der Waals surface area (Å²) in [6, 6.07) is 2.89. The average Bonchev–Trinajstić information content (AvgIpc) is 3.12. The third-order valence-corrected chi connectivity index (χ3v) is 2.81. The minimum atomic E-state index is -0.709. The van der Waals surface area contributed by atoms with Crippen molar-refractivity contribution < 1.29 is 18.3 Å². The molecule has 1 unspecified atom stereocenters. The van der Waals surface area contributed by atoms with E-state index in [0.29, 0.717) is 0 Å². The molecule has 0 aliphatic heterocycles. The summed E-state index contributed by atoms with van der Waals surface area (Å²) in [4.78, 5) is 11.5. The first kappa shape index (κ1) is 11.8. The predicted molar refractivity (Wildman–Crippen MR) is 58.5 cm³/mol. The Morgan fingerprint density at radius 1 is 1.41 bits per heavy atom. The Balaban J connectivity index is 2.20. The SMILES string of the molecule is COC(=O)C(Nc1c(F)cccc1F)C1CC1. The summed E-state index contributed by atoms with van der Waals surface area (Å²) in [5.41, 5.74) is -0.269. The number of anilines is 1. The minimum absolute atomic E-state index is 0.0986. The first-order valence-corrected chi connectivity index (χ1v) is 5.42. The molecule has 1 aliphatic rings. The fourth-order valence-electron chi connectivity index (χ4n) is 1.72. The van der Waals surface area contributed by atoms with Crippen molar-refractivity contribution in [3.63, 3.8) is 0 Å². The molecule has 0 aromatic heterocycles. The van der Waals surface area contributed by atoms with Gasteiger partial charge in [-0.2, -0.15) is 0 Å². The van der Waals surface area contributed by atoms with Crippen molar-refractivity contribution in [1.82, 2.24) is 0 Å². The van der Waals surface area contributed by atoms with Crippen LogP contribution in [0.1, 0.15) is 12.8 Å². The molecule has 1 fully saturated rings. The Hall–Kier alpha value is -1.65. The molecule has 1 N–H and O–H groups in total. The van der Waals surface area contributed by atoms with Crippen LogP contribution in [-0.4, -0.2) is 19.1 Å². The summed E-state index contributed by atoms with van der Waals surface area (Å²) < 4.78 is 31.4. The average molecular weight is 241 g/mol. The lowest BCUT2D eigenvalue weighted by molar-refractivity contribution is -0.142. The number of benzene rings is 1. The summed E-state index contributed by atoms with van der Waals surface area (Å²) in [6.07, 6.45) is 1.73. The van der Waals surface area contributed by atoms with Gasteiger partial charge in [0.05, 0.1) is 7.11 Å². The van der Waals surface area contributed by atoms with Crippen molar-refractivity contribution in [2.75, 3.05) is 12.4 Å². The largest absolute Gasteiger partial charge is 0.467 e. The Morgan fingerprint density at radius 2 is 2.00 bits per heavy atom. The van der Waals surface area contributed by atoms with Crippen molar-refractivity contribution in [3.05, 3.63) is 29.8 Å². The molecule has 0 heterocycles. The highest BCUT2D eigenvalue weighted by molar-refractivity contribution is 5.80. The van der Waals surface area contributed by atoms with Gasteiger partial charge in [-0.15, -0.1) is 0 Å². The van der Waals surface area contributed by atoms with Crippen molar-refractivity contribution in [2.45, 2.75) is 18.9 Å². The molecule has 1 aromatic carbocycles. The Bertz CT molecular complexity index is 412. The number of carbonyl (C=O) groups excluding carboxylic acids is 1. The van der Waals surface area contributed by atoms with Gasteiger partial charge in [0.15, 0.2) is 0 Å². The highest BCUT2D eigenvalue weighted by Gasteiger charge is 2.37. The van der Waals surface area contributed by atoms with Crippen LogP contribution < -0.4 is 5.32 Å². The molecule has 3 nitrogen and oxygen atoms in total. The summed E-state index contributed by atoms with van der Waals surface area (Å²) in [5.74, 6) is -1.81. The number of para-hydroxylation sites is 1. The molecule has 2 rings (SSSR count). The van der Waals surface area contributed by atoms with Crippen LogP contribution in [0.4, 0.5) is 14.5 Å². The van der Waals surface area contributed by atoms with E-state index in [1.165, 1.54) is 13.2 Å². The summed E-state index contributed by atoms with van der Waals surface area (Å²) in [7, 11) is 1.26. The molecule has 0 amide bonds. The van der Waals surface area contributed by atoms with Crippen LogP contribution in [0.3, 0.4) is 0 Å². The summed E-state index contributed by atoms with van der Waals surface area (Å²) >= 11 is 0. The van der Waals surface area contributed by atoms with Crippen molar-refractivity contribution in [3.8, 4) is 0 Å². The number of nitrogens with one attached hydrogen (secondary N) is 1. The van der Waals surface area contributed by atoms with Crippen molar-refractivity contribution in [2.24, 2.45) is 5.92 Å². The number of carbonyl (C=O) groups is 1. The maximum atomic E-state index is 13.4. The smallest absolute Gasteiger partial charge is 0.328 e. The minimum Gasteiger partial charge on any atom is -0.467 e. The highest BCUT2D eigenvalue weighted by atomic mass is 19.1. The maximum Gasteiger partial charge on any atom is 0.328 e. The van der Waals surface area contributed by atoms with E-state index in [0.717, 1.165) is 25.0 Å². The third-order valence-electron chi connectivity index (χ3n) is 2.81. The molecule has 1 atom stereocenters. The van der Waals surface area contributed by atoms with E-state index in [-0.39, 0.29) is 11.6 Å². The lowest BCUT2D eigenvalue weighted by Crippen LogP contribution is -2.33. The van der Waals surface area contributed by atoms with E-state index in [2.05, 4.69) is 10.1 Å². The molecule has 1 aliphatic carbocycles. The van der Waals surface area contributed by atoms with Crippen LogP contribution in [0, 0.1) is 17.6 Å². The van der Waals surface area contributed by atoms with Gasteiger partial charge >= 0.3 is 5.97 Å². The van der Waals surface area contributed by atoms with Gasteiger partial charge in [0.25, 0.3) is 0 Å². The van der Waals surface area contributed by atoms with Gasteiger partial charge in [-0.25, -0.2) is 13.6 Å². The van der Waals surface area contributed by atoms with Gasteiger partial charge in [0.1, 0.15) is 23.4 Å². The molecular weight excluding hydrogens is 228 g/mol. The van der Waals surface area contributed by atoms with Gasteiger partial charge in [0, 0.05) is 0 Å². The Labute approximate surface area is 97.8 Å². The molecule has 0 saturated heterocycles. The molecule has 0 spiro atoms. The van der Waals surface area contributed by atoms with Crippen LogP contribution in [0.15, 0.2) is 18.2 Å². The fraction of sp³-hybridized carbons (Fsp3) is 0.417. The van der Waals surface area contributed by atoms with Crippen LogP contribution in [0.5, 0.6) is 0 Å².